The van der Waals surface area contributed by atoms with Gasteiger partial charge in [0.1, 0.15) is 17.6 Å². The molecule has 1 aromatic carbocycles. The van der Waals surface area contributed by atoms with E-state index in [-0.39, 0.29) is 23.3 Å². The van der Waals surface area contributed by atoms with E-state index < -0.39 is 12.0 Å². The molecule has 1 atom stereocenters. The van der Waals surface area contributed by atoms with Crippen LogP contribution in [0, 0.1) is 6.92 Å². The highest BCUT2D eigenvalue weighted by Gasteiger charge is 2.35. The van der Waals surface area contributed by atoms with Crippen LogP contribution in [0.4, 0.5) is 0 Å². The van der Waals surface area contributed by atoms with Gasteiger partial charge < -0.3 is 18.9 Å². The van der Waals surface area contributed by atoms with Crippen LogP contribution < -0.4 is 25.2 Å². The zero-order chi connectivity index (χ0) is 28.6. The molecule has 4 aromatic rings. The average Bonchev–Trinajstić information content (AvgIpc) is 3.46. The molecule has 0 unspecified atom stereocenters. The third kappa shape index (κ3) is 5.42. The summed E-state index contributed by atoms with van der Waals surface area (Å²) in [5.41, 5.74) is 1.12. The van der Waals surface area contributed by atoms with Gasteiger partial charge in [0, 0.05) is 28.4 Å². The Balaban J connectivity index is 1.61. The standard InChI is InChI=1S/C27H23ClN4O6S2/c1-5-37-25(35)22-14(3)30-27-32(23(22)17-11-15(28)6-8-18(17)36-4)24(34)19(39-27)12-16-7-9-21(38-16)40-26-29-13(2)10-20(33)31-26/h6-12,23H,5H2,1-4H3,(H,29,31,33)/b19-12-/t23-/m0/s1. The van der Waals surface area contributed by atoms with Crippen LogP contribution in [0.2, 0.25) is 5.02 Å². The molecular weight excluding hydrogens is 576 g/mol. The van der Waals surface area contributed by atoms with Gasteiger partial charge >= 0.3 is 5.97 Å². The Hall–Kier alpha value is -3.87. The molecule has 0 bridgehead atoms. The van der Waals surface area contributed by atoms with Gasteiger partial charge in [-0.1, -0.05) is 22.9 Å². The lowest BCUT2D eigenvalue weighted by atomic mass is 9.95. The lowest BCUT2D eigenvalue weighted by Gasteiger charge is -2.26. The zero-order valence-electron chi connectivity index (χ0n) is 21.8. The normalized spacial score (nSPS) is 15.1. The van der Waals surface area contributed by atoms with Crippen LogP contribution in [0.3, 0.4) is 0 Å². The zero-order valence-corrected chi connectivity index (χ0v) is 24.2. The Kier molecular flexibility index (Phi) is 7.83. The van der Waals surface area contributed by atoms with Crippen molar-refractivity contribution in [3.8, 4) is 5.75 Å². The Morgan fingerprint density at radius 2 is 2.05 bits per heavy atom. The molecule has 10 nitrogen and oxygen atoms in total. The fourth-order valence-corrected chi connectivity index (χ4v) is 6.31. The summed E-state index contributed by atoms with van der Waals surface area (Å²) in [4.78, 5) is 50.6. The number of nitrogens with one attached hydrogen (secondary N) is 1. The van der Waals surface area contributed by atoms with Crippen LogP contribution in [-0.2, 0) is 9.53 Å². The smallest absolute Gasteiger partial charge is 0.338 e. The van der Waals surface area contributed by atoms with Gasteiger partial charge in [-0.2, -0.15) is 0 Å². The van der Waals surface area contributed by atoms with Crippen LogP contribution in [0.5, 0.6) is 5.75 Å². The number of ether oxygens (including phenoxy) is 2. The van der Waals surface area contributed by atoms with Crippen molar-refractivity contribution in [2.24, 2.45) is 4.99 Å². The van der Waals surface area contributed by atoms with Crippen molar-refractivity contribution < 1.29 is 18.7 Å². The van der Waals surface area contributed by atoms with Gasteiger partial charge in [-0.15, -0.1) is 0 Å². The van der Waals surface area contributed by atoms with Gasteiger partial charge in [0.2, 0.25) is 0 Å². The Labute approximate surface area is 240 Å². The topological polar surface area (TPSA) is 129 Å². The van der Waals surface area contributed by atoms with Crippen molar-refractivity contribution in [3.63, 3.8) is 0 Å². The molecule has 0 amide bonds. The molecule has 0 saturated heterocycles. The van der Waals surface area contributed by atoms with Gasteiger partial charge in [-0.05, 0) is 62.9 Å². The first kappa shape index (κ1) is 27.7. The molecule has 0 spiro atoms. The summed E-state index contributed by atoms with van der Waals surface area (Å²) >= 11 is 8.65. The Bertz CT molecular complexity index is 1900. The van der Waals surface area contributed by atoms with Gasteiger partial charge in [-0.25, -0.2) is 14.8 Å². The summed E-state index contributed by atoms with van der Waals surface area (Å²) in [5, 5.41) is 1.29. The molecule has 0 aliphatic carbocycles. The van der Waals surface area contributed by atoms with Crippen molar-refractivity contribution in [3.05, 3.63) is 99.7 Å². The number of carbonyl (C=O) groups is 1. The summed E-state index contributed by atoms with van der Waals surface area (Å²) in [6.45, 7) is 5.30. The predicted octanol–water partition coefficient (Wildman–Crippen LogP) is 3.60. The highest BCUT2D eigenvalue weighted by atomic mass is 35.5. The number of rotatable bonds is 7. The maximum Gasteiger partial charge on any atom is 0.338 e. The fourth-order valence-electron chi connectivity index (χ4n) is 4.30. The maximum atomic E-state index is 13.8. The predicted molar refractivity (Wildman–Crippen MR) is 151 cm³/mol. The van der Waals surface area contributed by atoms with Crippen molar-refractivity contribution in [2.75, 3.05) is 13.7 Å². The number of thiazole rings is 1. The molecule has 1 aliphatic heterocycles. The number of hydrogen-bond donors (Lipinski definition) is 1. The van der Waals surface area contributed by atoms with Crippen LogP contribution in [0.15, 0.2) is 76.9 Å². The van der Waals surface area contributed by atoms with E-state index in [2.05, 4.69) is 15.0 Å². The molecule has 3 aromatic heterocycles. The van der Waals surface area contributed by atoms with Gasteiger partial charge in [0.05, 0.1) is 29.5 Å². The van der Waals surface area contributed by atoms with Crippen LogP contribution in [0.1, 0.15) is 36.9 Å². The van der Waals surface area contributed by atoms with Crippen molar-refractivity contribution in [2.45, 2.75) is 37.1 Å². The number of nitrogens with zero attached hydrogens (tertiary/aromatic N) is 3. The second kappa shape index (κ2) is 11.3. The number of aromatic amines is 1. The molecular formula is C27H23ClN4O6S2. The molecule has 0 fully saturated rings. The molecule has 206 valence electrons. The summed E-state index contributed by atoms with van der Waals surface area (Å²) < 4.78 is 18.6. The number of H-pyrrole nitrogens is 1. The summed E-state index contributed by atoms with van der Waals surface area (Å²) in [7, 11) is 1.51. The SMILES string of the molecule is CCOC(=O)C1=C(C)N=c2s/c(=C\c3ccc(Sc4nc(C)cc(=O)[nH]4)o3)c(=O)n2[C@H]1c1cc(Cl)ccc1OC. The van der Waals surface area contributed by atoms with Crippen LogP contribution in [0.25, 0.3) is 6.08 Å². The third-order valence-electron chi connectivity index (χ3n) is 5.92. The minimum Gasteiger partial charge on any atom is -0.496 e. The van der Waals surface area contributed by atoms with E-state index in [1.807, 2.05) is 0 Å². The first-order valence-corrected chi connectivity index (χ1v) is 14.1. The number of halogens is 1. The molecule has 0 saturated carbocycles. The number of hydrogen-bond acceptors (Lipinski definition) is 10. The van der Waals surface area contributed by atoms with Gasteiger partial charge in [0.25, 0.3) is 11.1 Å². The second-order valence-corrected chi connectivity index (χ2v) is 11.1. The number of benzene rings is 1. The van der Waals surface area contributed by atoms with E-state index in [1.165, 1.54) is 17.7 Å². The number of aryl methyl sites for hydroxylation is 1. The summed E-state index contributed by atoms with van der Waals surface area (Å²) in [5.74, 6) is 0.289. The number of fused-ring (bicyclic) bond motifs is 1. The van der Waals surface area contributed by atoms with Crippen LogP contribution >= 0.6 is 34.7 Å². The summed E-state index contributed by atoms with van der Waals surface area (Å²) in [6.07, 6.45) is 1.61. The number of furan rings is 1. The van der Waals surface area contributed by atoms with Gasteiger partial charge in [0.15, 0.2) is 15.1 Å². The molecule has 1 N–H and O–H groups in total. The molecule has 40 heavy (non-hydrogen) atoms. The van der Waals surface area contributed by atoms with E-state index >= 15 is 0 Å². The molecule has 4 heterocycles. The van der Waals surface area contributed by atoms with Gasteiger partial charge in [-0.3, -0.25) is 14.2 Å². The van der Waals surface area contributed by atoms with Crippen molar-refractivity contribution >= 4 is 46.7 Å². The lowest BCUT2D eigenvalue weighted by Crippen LogP contribution is -2.40. The lowest BCUT2D eigenvalue weighted by molar-refractivity contribution is -0.139. The molecule has 1 aliphatic rings. The Morgan fingerprint density at radius 3 is 2.77 bits per heavy atom. The van der Waals surface area contributed by atoms with E-state index in [0.717, 1.165) is 23.1 Å². The quantitative estimate of drug-likeness (QED) is 0.252. The number of esters is 1. The average molecular weight is 599 g/mol. The monoisotopic (exact) mass is 598 g/mol. The van der Waals surface area contributed by atoms with E-state index in [4.69, 9.17) is 25.5 Å². The highest BCUT2D eigenvalue weighted by molar-refractivity contribution is 7.99. The number of methoxy groups -OCH3 is 1. The first-order valence-electron chi connectivity index (χ1n) is 12.1. The minimum absolute atomic E-state index is 0.157. The first-order chi connectivity index (χ1) is 19.2. The number of allylic oxidation sites excluding steroid dienone is 1. The van der Waals surface area contributed by atoms with Crippen molar-refractivity contribution in [1.82, 2.24) is 14.5 Å². The number of aromatic nitrogens is 3. The largest absolute Gasteiger partial charge is 0.496 e. The van der Waals surface area contributed by atoms with E-state index in [1.54, 1.807) is 57.2 Å². The van der Waals surface area contributed by atoms with Crippen LogP contribution in [-0.4, -0.2) is 34.2 Å². The third-order valence-corrected chi connectivity index (χ3v) is 7.95. The Morgan fingerprint density at radius 1 is 1.25 bits per heavy atom. The van der Waals surface area contributed by atoms with E-state index in [9.17, 15) is 14.4 Å². The fraction of sp³-hybridized carbons (Fsp3) is 0.222. The maximum absolute atomic E-state index is 13.8. The minimum atomic E-state index is -0.877. The van der Waals surface area contributed by atoms with E-state index in [0.29, 0.717) is 53.1 Å². The number of carbonyl (C=O) groups excluding carboxylic acids is 1. The summed E-state index contributed by atoms with van der Waals surface area (Å²) in [6, 6.07) is 8.98. The second-order valence-electron chi connectivity index (χ2n) is 8.64. The van der Waals surface area contributed by atoms with Crippen molar-refractivity contribution in [1.29, 1.82) is 0 Å². The molecule has 5 rings (SSSR count). The molecule has 13 heteroatoms. The highest BCUT2D eigenvalue weighted by Crippen LogP contribution is 2.37. The molecule has 0 radical (unpaired) electrons.